The van der Waals surface area contributed by atoms with Gasteiger partial charge < -0.3 is 11.5 Å². The number of anilines is 1. The van der Waals surface area contributed by atoms with Gasteiger partial charge in [-0.15, -0.1) is 0 Å². The molecule has 118 valence electrons. The van der Waals surface area contributed by atoms with E-state index in [1.165, 1.54) is 0 Å². The van der Waals surface area contributed by atoms with Crippen molar-refractivity contribution in [1.82, 2.24) is 0 Å². The Kier molecular flexibility index (Phi) is 4.15. The van der Waals surface area contributed by atoms with Gasteiger partial charge >= 0.3 is 0 Å². The zero-order valence-electron chi connectivity index (χ0n) is 11.8. The number of guanidine groups is 2. The van der Waals surface area contributed by atoms with Crippen molar-refractivity contribution in [3.63, 3.8) is 0 Å². The van der Waals surface area contributed by atoms with E-state index in [1.807, 2.05) is 0 Å². The molecule has 2 aliphatic rings. The number of nitrogens with zero attached hydrogens (tertiary/aromatic N) is 3. The third-order valence-electron chi connectivity index (χ3n) is 4.11. The van der Waals surface area contributed by atoms with Gasteiger partial charge in [0.2, 0.25) is 11.9 Å². The van der Waals surface area contributed by atoms with Crippen LogP contribution in [-0.4, -0.2) is 17.6 Å². The Balaban J connectivity index is 2.14. The van der Waals surface area contributed by atoms with Crippen LogP contribution in [0.5, 0.6) is 0 Å². The zero-order chi connectivity index (χ0) is 15.9. The van der Waals surface area contributed by atoms with E-state index in [0.717, 1.165) is 32.1 Å². The van der Waals surface area contributed by atoms with Crippen molar-refractivity contribution in [2.75, 3.05) is 4.90 Å². The fourth-order valence-corrected chi connectivity index (χ4v) is 3.80. The molecule has 1 aliphatic heterocycles. The van der Waals surface area contributed by atoms with E-state index in [1.54, 1.807) is 17.0 Å². The molecule has 3 rings (SSSR count). The maximum absolute atomic E-state index is 14.7. The quantitative estimate of drug-likeness (QED) is 0.666. The minimum Gasteiger partial charge on any atom is -0.369 e. The van der Waals surface area contributed by atoms with Gasteiger partial charge in [0.15, 0.2) is 5.82 Å². The number of halogens is 3. The number of hydrogen-bond acceptors (Lipinski definition) is 5. The van der Waals surface area contributed by atoms with Crippen LogP contribution in [-0.2, 0) is 0 Å². The smallest absolute Gasteiger partial charge is 0.220 e. The first-order valence-corrected chi connectivity index (χ1v) is 8.66. The standard InChI is InChI=1S/C14H16Br2FN5/c15-8-4-5-9(11(17)10(8)16)22-13(19)20-12(18)21-14(22)6-2-1-3-7-14/h4-5H,1-3,6-7H2,(H4,18,19,20,21). The maximum Gasteiger partial charge on any atom is 0.220 e. The summed E-state index contributed by atoms with van der Waals surface area (Å²) in [7, 11) is 0. The van der Waals surface area contributed by atoms with Crippen molar-refractivity contribution in [3.05, 3.63) is 26.9 Å². The van der Waals surface area contributed by atoms with Crippen LogP contribution >= 0.6 is 31.9 Å². The first-order valence-electron chi connectivity index (χ1n) is 7.08. The molecule has 5 nitrogen and oxygen atoms in total. The Morgan fingerprint density at radius 1 is 1.14 bits per heavy atom. The Morgan fingerprint density at radius 2 is 1.82 bits per heavy atom. The van der Waals surface area contributed by atoms with E-state index in [9.17, 15) is 4.39 Å². The van der Waals surface area contributed by atoms with Gasteiger partial charge in [0.1, 0.15) is 5.66 Å². The number of rotatable bonds is 1. The van der Waals surface area contributed by atoms with Crippen molar-refractivity contribution in [2.45, 2.75) is 37.8 Å². The molecule has 0 amide bonds. The molecule has 0 saturated heterocycles. The van der Waals surface area contributed by atoms with Gasteiger partial charge in [0.05, 0.1) is 10.2 Å². The van der Waals surface area contributed by atoms with Gasteiger partial charge in [0.25, 0.3) is 0 Å². The average Bonchev–Trinajstić information content (AvgIpc) is 2.47. The topological polar surface area (TPSA) is 80.0 Å². The first kappa shape index (κ1) is 15.7. The Morgan fingerprint density at radius 3 is 2.50 bits per heavy atom. The Bertz CT molecular complexity index is 667. The van der Waals surface area contributed by atoms with Crippen LogP contribution in [0.2, 0.25) is 0 Å². The molecule has 1 fully saturated rings. The predicted octanol–water partition coefficient (Wildman–Crippen LogP) is 3.46. The summed E-state index contributed by atoms with van der Waals surface area (Å²) in [5.41, 5.74) is 11.6. The zero-order valence-corrected chi connectivity index (χ0v) is 15.0. The van der Waals surface area contributed by atoms with Crippen LogP contribution in [0.25, 0.3) is 0 Å². The van der Waals surface area contributed by atoms with Crippen LogP contribution in [0.1, 0.15) is 32.1 Å². The van der Waals surface area contributed by atoms with Crippen LogP contribution < -0.4 is 16.4 Å². The summed E-state index contributed by atoms with van der Waals surface area (Å²) in [4.78, 5) is 10.3. The minimum absolute atomic E-state index is 0.159. The lowest BCUT2D eigenvalue weighted by Crippen LogP contribution is -2.58. The second-order valence-electron chi connectivity index (χ2n) is 5.51. The number of hydrogen-bond donors (Lipinski definition) is 2. The van der Waals surface area contributed by atoms with Gasteiger partial charge in [-0.05, 0) is 69.7 Å². The highest BCUT2D eigenvalue weighted by Gasteiger charge is 2.43. The molecule has 1 aromatic carbocycles. The molecule has 1 saturated carbocycles. The lowest BCUT2D eigenvalue weighted by atomic mass is 9.87. The van der Waals surface area contributed by atoms with Crippen LogP contribution in [0, 0.1) is 5.82 Å². The second kappa shape index (κ2) is 5.81. The summed E-state index contributed by atoms with van der Waals surface area (Å²) in [6.07, 6.45) is 4.68. The van der Waals surface area contributed by atoms with Crippen LogP contribution in [0.3, 0.4) is 0 Å². The van der Waals surface area contributed by atoms with Crippen LogP contribution in [0.15, 0.2) is 31.1 Å². The molecule has 1 aliphatic carbocycles. The van der Waals surface area contributed by atoms with E-state index in [-0.39, 0.29) is 11.9 Å². The number of aliphatic imine (C=N–C) groups is 2. The average molecular weight is 433 g/mol. The molecule has 4 N–H and O–H groups in total. The predicted molar refractivity (Wildman–Crippen MR) is 93.3 cm³/mol. The molecular weight excluding hydrogens is 417 g/mol. The van der Waals surface area contributed by atoms with Gasteiger partial charge in [-0.2, -0.15) is 4.99 Å². The van der Waals surface area contributed by atoms with E-state index >= 15 is 0 Å². The highest BCUT2D eigenvalue weighted by Crippen LogP contribution is 2.42. The monoisotopic (exact) mass is 431 g/mol. The van der Waals surface area contributed by atoms with E-state index < -0.39 is 11.5 Å². The molecule has 0 radical (unpaired) electrons. The maximum atomic E-state index is 14.7. The van der Waals surface area contributed by atoms with Gasteiger partial charge in [-0.3, -0.25) is 4.90 Å². The normalized spacial score (nSPS) is 20.8. The van der Waals surface area contributed by atoms with Gasteiger partial charge in [-0.25, -0.2) is 9.38 Å². The highest BCUT2D eigenvalue weighted by molar-refractivity contribution is 9.13. The molecule has 0 aromatic heterocycles. The fourth-order valence-electron chi connectivity index (χ4n) is 3.16. The summed E-state index contributed by atoms with van der Waals surface area (Å²) in [6, 6.07) is 3.45. The largest absolute Gasteiger partial charge is 0.369 e. The molecular formula is C14H16Br2FN5. The fraction of sp³-hybridized carbons (Fsp3) is 0.429. The molecule has 1 spiro atoms. The van der Waals surface area contributed by atoms with E-state index in [0.29, 0.717) is 14.6 Å². The van der Waals surface area contributed by atoms with Crippen molar-refractivity contribution in [2.24, 2.45) is 21.5 Å². The van der Waals surface area contributed by atoms with Crippen molar-refractivity contribution in [1.29, 1.82) is 0 Å². The van der Waals surface area contributed by atoms with Crippen molar-refractivity contribution in [3.8, 4) is 0 Å². The molecule has 0 bridgehead atoms. The second-order valence-corrected chi connectivity index (χ2v) is 7.16. The third kappa shape index (κ3) is 2.52. The van der Waals surface area contributed by atoms with Gasteiger partial charge in [0, 0.05) is 4.47 Å². The molecule has 0 unspecified atom stereocenters. The summed E-state index contributed by atoms with van der Waals surface area (Å²) in [5.74, 6) is -0.0529. The molecule has 22 heavy (non-hydrogen) atoms. The van der Waals surface area contributed by atoms with E-state index in [4.69, 9.17) is 11.5 Å². The van der Waals surface area contributed by atoms with Crippen molar-refractivity contribution >= 4 is 49.5 Å². The summed E-state index contributed by atoms with van der Waals surface area (Å²) >= 11 is 6.55. The lowest BCUT2D eigenvalue weighted by molar-refractivity contribution is 0.304. The number of benzene rings is 1. The lowest BCUT2D eigenvalue weighted by Gasteiger charge is -2.45. The highest BCUT2D eigenvalue weighted by atomic mass is 79.9. The summed E-state index contributed by atoms with van der Waals surface area (Å²) < 4.78 is 15.7. The van der Waals surface area contributed by atoms with Crippen LogP contribution in [0.4, 0.5) is 10.1 Å². The molecule has 8 heteroatoms. The van der Waals surface area contributed by atoms with Gasteiger partial charge in [-0.1, -0.05) is 6.42 Å². The molecule has 1 heterocycles. The third-order valence-corrected chi connectivity index (χ3v) is 6.08. The SMILES string of the molecule is NC1=NC2(CCCCC2)N(c2ccc(Br)c(Br)c2F)C(N)=N1. The summed E-state index contributed by atoms with van der Waals surface area (Å²) in [5, 5.41) is 0. The minimum atomic E-state index is -0.637. The summed E-state index contributed by atoms with van der Waals surface area (Å²) in [6.45, 7) is 0. The van der Waals surface area contributed by atoms with Crippen molar-refractivity contribution < 1.29 is 4.39 Å². The Hall–Kier alpha value is -1.15. The molecule has 0 atom stereocenters. The molecule has 1 aromatic rings. The number of nitrogens with two attached hydrogens (primary N) is 2. The first-order chi connectivity index (χ1) is 10.4. The van der Waals surface area contributed by atoms with E-state index in [2.05, 4.69) is 41.8 Å². The Labute approximate surface area is 144 Å².